The molecule has 1 unspecified atom stereocenters. The first-order valence-electron chi connectivity index (χ1n) is 5.50. The predicted molar refractivity (Wildman–Crippen MR) is 62.3 cm³/mol. The minimum Gasteiger partial charge on any atom is -0.505 e. The summed E-state index contributed by atoms with van der Waals surface area (Å²) in [6.45, 7) is 6.14. The molecule has 0 aromatic carbocycles. The zero-order valence-corrected chi connectivity index (χ0v) is 9.90. The predicted octanol–water partition coefficient (Wildman–Crippen LogP) is 1.95. The number of rotatable bonds is 4. The quantitative estimate of drug-likeness (QED) is 0.818. The fourth-order valence-corrected chi connectivity index (χ4v) is 1.56. The third-order valence-corrected chi connectivity index (χ3v) is 2.61. The Labute approximate surface area is 95.7 Å². The standard InChI is InChI=1S/C12H18N2O2/c1-4-10(8(2)3)14-12(16)9-5-6-13-7-11(9)15/h5-8,10,15H,4H2,1-3H3,(H,14,16). The molecule has 1 aromatic heterocycles. The summed E-state index contributed by atoms with van der Waals surface area (Å²) in [6, 6.07) is 1.64. The van der Waals surface area contributed by atoms with Crippen LogP contribution in [0.1, 0.15) is 37.6 Å². The normalized spacial score (nSPS) is 12.5. The van der Waals surface area contributed by atoms with Crippen LogP contribution < -0.4 is 5.32 Å². The molecule has 2 N–H and O–H groups in total. The number of aromatic nitrogens is 1. The topological polar surface area (TPSA) is 62.2 Å². The lowest BCUT2D eigenvalue weighted by Crippen LogP contribution is -2.38. The lowest BCUT2D eigenvalue weighted by atomic mass is 10.0. The van der Waals surface area contributed by atoms with Crippen LogP contribution in [0.15, 0.2) is 18.5 Å². The average Bonchev–Trinajstić information content (AvgIpc) is 2.25. The first kappa shape index (κ1) is 12.5. The molecule has 88 valence electrons. The molecule has 1 amide bonds. The van der Waals surface area contributed by atoms with Gasteiger partial charge in [0, 0.05) is 12.2 Å². The summed E-state index contributed by atoms with van der Waals surface area (Å²) in [5, 5.41) is 12.4. The second-order valence-corrected chi connectivity index (χ2v) is 4.13. The van der Waals surface area contributed by atoms with Crippen molar-refractivity contribution in [2.75, 3.05) is 0 Å². The summed E-state index contributed by atoms with van der Waals surface area (Å²) in [5.41, 5.74) is 0.272. The van der Waals surface area contributed by atoms with E-state index in [0.29, 0.717) is 5.92 Å². The minimum absolute atomic E-state index is 0.0846. The minimum atomic E-state index is -0.250. The molecule has 0 aliphatic carbocycles. The monoisotopic (exact) mass is 222 g/mol. The van der Waals surface area contributed by atoms with Gasteiger partial charge in [0.2, 0.25) is 0 Å². The van der Waals surface area contributed by atoms with E-state index in [4.69, 9.17) is 0 Å². The molecule has 1 heterocycles. The number of carbonyl (C=O) groups excluding carboxylic acids is 1. The molecule has 0 fully saturated rings. The second kappa shape index (κ2) is 5.49. The summed E-state index contributed by atoms with van der Waals surface area (Å²) >= 11 is 0. The van der Waals surface area contributed by atoms with Crippen LogP contribution in [0.2, 0.25) is 0 Å². The van der Waals surface area contributed by atoms with Gasteiger partial charge in [-0.05, 0) is 18.4 Å². The zero-order chi connectivity index (χ0) is 12.1. The van der Waals surface area contributed by atoms with Gasteiger partial charge in [-0.2, -0.15) is 0 Å². The van der Waals surface area contributed by atoms with Crippen LogP contribution >= 0.6 is 0 Å². The molecular formula is C12H18N2O2. The molecule has 16 heavy (non-hydrogen) atoms. The van der Waals surface area contributed by atoms with Gasteiger partial charge in [-0.15, -0.1) is 0 Å². The van der Waals surface area contributed by atoms with Gasteiger partial charge in [0.05, 0.1) is 11.8 Å². The number of nitrogens with zero attached hydrogens (tertiary/aromatic N) is 1. The molecule has 0 aliphatic heterocycles. The maximum absolute atomic E-state index is 11.8. The van der Waals surface area contributed by atoms with Crippen molar-refractivity contribution in [1.82, 2.24) is 10.3 Å². The molecule has 1 aromatic rings. The van der Waals surface area contributed by atoms with Crippen LogP contribution in [0.3, 0.4) is 0 Å². The molecular weight excluding hydrogens is 204 g/mol. The SMILES string of the molecule is CCC(NC(=O)c1ccncc1O)C(C)C. The van der Waals surface area contributed by atoms with Crippen molar-refractivity contribution < 1.29 is 9.90 Å². The third kappa shape index (κ3) is 2.95. The van der Waals surface area contributed by atoms with Gasteiger partial charge in [0.15, 0.2) is 0 Å². The molecule has 0 aliphatic rings. The van der Waals surface area contributed by atoms with Crippen molar-refractivity contribution in [1.29, 1.82) is 0 Å². The van der Waals surface area contributed by atoms with Crippen molar-refractivity contribution in [2.45, 2.75) is 33.2 Å². The summed E-state index contributed by atoms with van der Waals surface area (Å²) in [4.78, 5) is 15.6. The van der Waals surface area contributed by atoms with E-state index in [9.17, 15) is 9.90 Å². The average molecular weight is 222 g/mol. The van der Waals surface area contributed by atoms with Gasteiger partial charge in [0.25, 0.3) is 5.91 Å². The van der Waals surface area contributed by atoms with E-state index in [0.717, 1.165) is 6.42 Å². The smallest absolute Gasteiger partial charge is 0.255 e. The van der Waals surface area contributed by atoms with Crippen LogP contribution in [0.25, 0.3) is 0 Å². The number of nitrogens with one attached hydrogen (secondary N) is 1. The van der Waals surface area contributed by atoms with E-state index >= 15 is 0 Å². The van der Waals surface area contributed by atoms with Gasteiger partial charge in [0.1, 0.15) is 5.75 Å². The Morgan fingerprint density at radius 2 is 2.25 bits per heavy atom. The highest BCUT2D eigenvalue weighted by Gasteiger charge is 2.17. The van der Waals surface area contributed by atoms with E-state index in [2.05, 4.69) is 24.1 Å². The second-order valence-electron chi connectivity index (χ2n) is 4.13. The van der Waals surface area contributed by atoms with E-state index in [1.165, 1.54) is 18.5 Å². The lowest BCUT2D eigenvalue weighted by molar-refractivity contribution is 0.0922. The molecule has 0 spiro atoms. The van der Waals surface area contributed by atoms with E-state index in [1.54, 1.807) is 0 Å². The Morgan fingerprint density at radius 3 is 2.75 bits per heavy atom. The number of amides is 1. The first-order chi connectivity index (χ1) is 7.56. The highest BCUT2D eigenvalue weighted by molar-refractivity contribution is 5.96. The maximum Gasteiger partial charge on any atom is 0.255 e. The van der Waals surface area contributed by atoms with Crippen LogP contribution in [0.5, 0.6) is 5.75 Å². The molecule has 1 rings (SSSR count). The lowest BCUT2D eigenvalue weighted by Gasteiger charge is -2.20. The van der Waals surface area contributed by atoms with Gasteiger partial charge in [-0.1, -0.05) is 20.8 Å². The van der Waals surface area contributed by atoms with Crippen LogP contribution in [-0.2, 0) is 0 Å². The number of hydrogen-bond donors (Lipinski definition) is 2. The molecule has 4 nitrogen and oxygen atoms in total. The van der Waals surface area contributed by atoms with Crippen LogP contribution in [0, 0.1) is 5.92 Å². The highest BCUT2D eigenvalue weighted by atomic mass is 16.3. The largest absolute Gasteiger partial charge is 0.505 e. The molecule has 1 atom stereocenters. The first-order valence-corrected chi connectivity index (χ1v) is 5.50. The maximum atomic E-state index is 11.8. The van der Waals surface area contributed by atoms with Gasteiger partial charge in [-0.25, -0.2) is 0 Å². The number of aromatic hydroxyl groups is 1. The molecule has 0 saturated carbocycles. The number of carbonyl (C=O) groups is 1. The van der Waals surface area contributed by atoms with Crippen molar-refractivity contribution in [2.24, 2.45) is 5.92 Å². The Morgan fingerprint density at radius 1 is 1.56 bits per heavy atom. The molecule has 0 bridgehead atoms. The summed E-state index contributed by atoms with van der Waals surface area (Å²) in [6.07, 6.45) is 3.63. The van der Waals surface area contributed by atoms with E-state index in [-0.39, 0.29) is 23.3 Å². The zero-order valence-electron chi connectivity index (χ0n) is 9.90. The fraction of sp³-hybridized carbons (Fsp3) is 0.500. The van der Waals surface area contributed by atoms with Crippen molar-refractivity contribution in [3.05, 3.63) is 24.0 Å². The third-order valence-electron chi connectivity index (χ3n) is 2.61. The van der Waals surface area contributed by atoms with Crippen molar-refractivity contribution in [3.63, 3.8) is 0 Å². The van der Waals surface area contributed by atoms with Crippen LogP contribution in [0.4, 0.5) is 0 Å². The molecule has 0 radical (unpaired) electrons. The molecule has 0 saturated heterocycles. The Kier molecular flexibility index (Phi) is 4.28. The van der Waals surface area contributed by atoms with Gasteiger partial charge >= 0.3 is 0 Å². The van der Waals surface area contributed by atoms with Crippen LogP contribution in [-0.4, -0.2) is 22.0 Å². The highest BCUT2D eigenvalue weighted by Crippen LogP contribution is 2.15. The van der Waals surface area contributed by atoms with Crippen molar-refractivity contribution >= 4 is 5.91 Å². The summed E-state index contributed by atoms with van der Waals surface area (Å²) in [7, 11) is 0. The van der Waals surface area contributed by atoms with Gasteiger partial charge in [-0.3, -0.25) is 9.78 Å². The van der Waals surface area contributed by atoms with E-state index < -0.39 is 0 Å². The Bertz CT molecular complexity index is 364. The Hall–Kier alpha value is -1.58. The fourth-order valence-electron chi connectivity index (χ4n) is 1.56. The number of pyridine rings is 1. The molecule has 4 heteroatoms. The number of hydrogen-bond acceptors (Lipinski definition) is 3. The van der Waals surface area contributed by atoms with E-state index in [1.807, 2.05) is 6.92 Å². The van der Waals surface area contributed by atoms with Crippen molar-refractivity contribution in [3.8, 4) is 5.75 Å². The Balaban J connectivity index is 2.76. The summed E-state index contributed by atoms with van der Waals surface area (Å²) in [5.74, 6) is 0.0389. The van der Waals surface area contributed by atoms with Gasteiger partial charge < -0.3 is 10.4 Å². The summed E-state index contributed by atoms with van der Waals surface area (Å²) < 4.78 is 0.